The number of amides is 1. The predicted octanol–water partition coefficient (Wildman–Crippen LogP) is 3.14. The summed E-state index contributed by atoms with van der Waals surface area (Å²) in [6.45, 7) is 2.02. The number of halogens is 1. The number of nitrogens with one attached hydrogen (secondary N) is 1. The molecule has 3 nitrogen and oxygen atoms in total. The molecule has 3 N–H and O–H groups in total. The van der Waals surface area contributed by atoms with Crippen molar-refractivity contribution >= 4 is 21.8 Å². The maximum Gasteiger partial charge on any atom is 0.223 e. The van der Waals surface area contributed by atoms with Crippen molar-refractivity contribution in [3.8, 4) is 0 Å². The molecular formula is C15H21BrN2O. The minimum absolute atomic E-state index is 0.0266. The lowest BCUT2D eigenvalue weighted by Crippen LogP contribution is -2.37. The van der Waals surface area contributed by atoms with E-state index >= 15 is 0 Å². The second-order valence-corrected chi connectivity index (χ2v) is 6.22. The van der Waals surface area contributed by atoms with Crippen LogP contribution in [0.3, 0.4) is 0 Å². The van der Waals surface area contributed by atoms with Crippen LogP contribution in [-0.2, 0) is 4.79 Å². The van der Waals surface area contributed by atoms with E-state index in [2.05, 4.69) is 21.2 Å². The van der Waals surface area contributed by atoms with E-state index in [1.807, 2.05) is 31.2 Å². The lowest BCUT2D eigenvalue weighted by molar-refractivity contribution is -0.126. The zero-order chi connectivity index (χ0) is 13.8. The number of carbonyl (C=O) groups excluding carboxylic acids is 1. The van der Waals surface area contributed by atoms with Crippen LogP contribution in [0.1, 0.15) is 44.2 Å². The van der Waals surface area contributed by atoms with Gasteiger partial charge in [0.1, 0.15) is 0 Å². The van der Waals surface area contributed by atoms with Gasteiger partial charge in [-0.3, -0.25) is 4.79 Å². The minimum Gasteiger partial charge on any atom is -0.349 e. The van der Waals surface area contributed by atoms with Crippen molar-refractivity contribution in [2.24, 2.45) is 11.7 Å². The van der Waals surface area contributed by atoms with Gasteiger partial charge in [0.2, 0.25) is 5.91 Å². The average Bonchev–Trinajstić information content (AvgIpc) is 2.39. The van der Waals surface area contributed by atoms with Gasteiger partial charge in [0.05, 0.1) is 6.04 Å². The van der Waals surface area contributed by atoms with Gasteiger partial charge in [-0.1, -0.05) is 34.1 Å². The van der Waals surface area contributed by atoms with E-state index < -0.39 is 0 Å². The number of nitrogens with two attached hydrogens (primary N) is 1. The monoisotopic (exact) mass is 324 g/mol. The molecule has 1 aromatic rings. The molecule has 0 saturated heterocycles. The molecule has 2 rings (SSSR count). The van der Waals surface area contributed by atoms with Crippen molar-refractivity contribution in [2.45, 2.75) is 44.7 Å². The van der Waals surface area contributed by atoms with Crippen LogP contribution >= 0.6 is 15.9 Å². The van der Waals surface area contributed by atoms with Crippen molar-refractivity contribution in [1.82, 2.24) is 5.32 Å². The van der Waals surface area contributed by atoms with Gasteiger partial charge in [0, 0.05) is 16.4 Å². The molecule has 104 valence electrons. The fraction of sp³-hybridized carbons (Fsp3) is 0.533. The van der Waals surface area contributed by atoms with Gasteiger partial charge in [-0.15, -0.1) is 0 Å². The highest BCUT2D eigenvalue weighted by Crippen LogP contribution is 2.26. The second-order valence-electron chi connectivity index (χ2n) is 5.36. The van der Waals surface area contributed by atoms with Gasteiger partial charge in [0.25, 0.3) is 0 Å². The van der Waals surface area contributed by atoms with Crippen molar-refractivity contribution in [1.29, 1.82) is 0 Å². The van der Waals surface area contributed by atoms with Crippen LogP contribution in [0.4, 0.5) is 0 Å². The van der Waals surface area contributed by atoms with E-state index in [1.54, 1.807) is 0 Å². The third-order valence-corrected chi connectivity index (χ3v) is 4.60. The first-order valence-corrected chi connectivity index (χ1v) is 7.67. The molecule has 1 aliphatic carbocycles. The maximum atomic E-state index is 12.2. The highest BCUT2D eigenvalue weighted by molar-refractivity contribution is 9.10. The molecule has 4 heteroatoms. The summed E-state index contributed by atoms with van der Waals surface area (Å²) in [5.74, 6) is 0.292. The number of hydrogen-bond donors (Lipinski definition) is 2. The van der Waals surface area contributed by atoms with Crippen LogP contribution in [0.5, 0.6) is 0 Å². The molecule has 1 fully saturated rings. The quantitative estimate of drug-likeness (QED) is 0.897. The Morgan fingerprint density at radius 2 is 1.95 bits per heavy atom. The highest BCUT2D eigenvalue weighted by atomic mass is 79.9. The largest absolute Gasteiger partial charge is 0.349 e. The molecule has 0 aliphatic heterocycles. The van der Waals surface area contributed by atoms with E-state index in [1.165, 1.54) is 0 Å². The number of hydrogen-bond acceptors (Lipinski definition) is 2. The van der Waals surface area contributed by atoms with E-state index in [-0.39, 0.29) is 23.9 Å². The normalized spacial score (nSPS) is 24.8. The molecular weight excluding hydrogens is 304 g/mol. The Balaban J connectivity index is 1.94. The smallest absolute Gasteiger partial charge is 0.223 e. The Morgan fingerprint density at radius 3 is 2.58 bits per heavy atom. The first-order chi connectivity index (χ1) is 9.08. The van der Waals surface area contributed by atoms with Crippen LogP contribution in [0.2, 0.25) is 0 Å². The topological polar surface area (TPSA) is 55.1 Å². The number of carbonyl (C=O) groups is 1. The Labute approximate surface area is 123 Å². The summed E-state index contributed by atoms with van der Waals surface area (Å²) in [5.41, 5.74) is 6.99. The molecule has 1 atom stereocenters. The first kappa shape index (κ1) is 14.5. The van der Waals surface area contributed by atoms with Crippen LogP contribution in [0.25, 0.3) is 0 Å². The molecule has 1 aliphatic rings. The van der Waals surface area contributed by atoms with Crippen LogP contribution in [0.15, 0.2) is 28.7 Å². The summed E-state index contributed by atoms with van der Waals surface area (Å²) in [4.78, 5) is 12.2. The van der Waals surface area contributed by atoms with E-state index in [9.17, 15) is 4.79 Å². The molecule has 0 unspecified atom stereocenters. The second kappa shape index (κ2) is 6.53. The summed E-state index contributed by atoms with van der Waals surface area (Å²) >= 11 is 3.52. The standard InChI is InChI=1S/C15H21BrN2O/c1-10(13-4-2-3-5-14(13)16)18-15(19)11-6-8-12(17)9-7-11/h2-5,10-12H,6-9,17H2,1H3,(H,18,19)/t10-,11?,12?/m0/s1. The molecule has 0 radical (unpaired) electrons. The zero-order valence-electron chi connectivity index (χ0n) is 11.2. The summed E-state index contributed by atoms with van der Waals surface area (Å²) in [7, 11) is 0. The van der Waals surface area contributed by atoms with E-state index in [4.69, 9.17) is 5.73 Å². The maximum absolute atomic E-state index is 12.2. The average molecular weight is 325 g/mol. The van der Waals surface area contributed by atoms with Gasteiger partial charge in [-0.05, 0) is 44.2 Å². The van der Waals surface area contributed by atoms with Crippen molar-refractivity contribution in [3.63, 3.8) is 0 Å². The van der Waals surface area contributed by atoms with Crippen LogP contribution in [0, 0.1) is 5.92 Å². The number of rotatable bonds is 3. The lowest BCUT2D eigenvalue weighted by atomic mass is 9.85. The zero-order valence-corrected chi connectivity index (χ0v) is 12.8. The molecule has 1 amide bonds. The van der Waals surface area contributed by atoms with E-state index in [0.717, 1.165) is 35.7 Å². The van der Waals surface area contributed by atoms with E-state index in [0.29, 0.717) is 0 Å². The molecule has 1 aromatic carbocycles. The van der Waals surface area contributed by atoms with Crippen molar-refractivity contribution in [2.75, 3.05) is 0 Å². The molecule has 1 saturated carbocycles. The molecule has 0 aromatic heterocycles. The summed E-state index contributed by atoms with van der Waals surface area (Å²) in [6.07, 6.45) is 3.74. The highest BCUT2D eigenvalue weighted by Gasteiger charge is 2.25. The third kappa shape index (κ3) is 3.80. The number of benzene rings is 1. The fourth-order valence-electron chi connectivity index (χ4n) is 2.62. The van der Waals surface area contributed by atoms with Crippen LogP contribution in [-0.4, -0.2) is 11.9 Å². The summed E-state index contributed by atoms with van der Waals surface area (Å²) < 4.78 is 1.04. The van der Waals surface area contributed by atoms with Gasteiger partial charge in [-0.2, -0.15) is 0 Å². The first-order valence-electron chi connectivity index (χ1n) is 6.88. The molecule has 19 heavy (non-hydrogen) atoms. The molecule has 0 bridgehead atoms. The summed E-state index contributed by atoms with van der Waals surface area (Å²) in [5, 5.41) is 3.11. The minimum atomic E-state index is 0.0266. The van der Waals surface area contributed by atoms with Crippen molar-refractivity contribution in [3.05, 3.63) is 34.3 Å². The Bertz CT molecular complexity index is 442. The predicted molar refractivity (Wildman–Crippen MR) is 80.6 cm³/mol. The Morgan fingerprint density at radius 1 is 1.32 bits per heavy atom. The fourth-order valence-corrected chi connectivity index (χ4v) is 3.24. The molecule has 0 heterocycles. The Kier molecular flexibility index (Phi) is 4.99. The Hall–Kier alpha value is -0.870. The van der Waals surface area contributed by atoms with Gasteiger partial charge in [-0.25, -0.2) is 0 Å². The SMILES string of the molecule is C[C@H](NC(=O)C1CCC(N)CC1)c1ccccc1Br. The van der Waals surface area contributed by atoms with Crippen molar-refractivity contribution < 1.29 is 4.79 Å². The summed E-state index contributed by atoms with van der Waals surface area (Å²) in [6, 6.07) is 8.31. The van der Waals surface area contributed by atoms with Gasteiger partial charge in [0.15, 0.2) is 0 Å². The third-order valence-electron chi connectivity index (χ3n) is 3.87. The molecule has 0 spiro atoms. The lowest BCUT2D eigenvalue weighted by Gasteiger charge is -2.26. The van der Waals surface area contributed by atoms with Crippen LogP contribution < -0.4 is 11.1 Å². The van der Waals surface area contributed by atoms with Gasteiger partial charge >= 0.3 is 0 Å². The van der Waals surface area contributed by atoms with Gasteiger partial charge < -0.3 is 11.1 Å².